The zero-order valence-corrected chi connectivity index (χ0v) is 12.6. The lowest BCUT2D eigenvalue weighted by Crippen LogP contribution is -2.40. The average molecular weight is 307 g/mol. The summed E-state index contributed by atoms with van der Waals surface area (Å²) >= 11 is 0. The molecule has 1 saturated carbocycles. The quantitative estimate of drug-likeness (QED) is 0.929. The Morgan fingerprint density at radius 2 is 1.91 bits per heavy atom. The first kappa shape index (κ1) is 15.4. The molecule has 3 rings (SSSR count). The fourth-order valence-corrected chi connectivity index (χ4v) is 3.27. The number of benzene rings is 1. The smallest absolute Gasteiger partial charge is 0.223 e. The molecular weight excluding hydrogens is 285 g/mol. The summed E-state index contributed by atoms with van der Waals surface area (Å²) in [6.07, 6.45) is 3.63. The molecule has 1 aromatic rings. The Morgan fingerprint density at radius 3 is 2.59 bits per heavy atom. The normalized spacial score (nSPS) is 21.1. The molecule has 1 aromatic carbocycles. The Bertz CT molecular complexity index is 518. The first-order valence-corrected chi connectivity index (χ1v) is 7.98. The number of amides is 1. The number of nitrogens with one attached hydrogen (secondary N) is 1. The van der Waals surface area contributed by atoms with Gasteiger partial charge in [-0.2, -0.15) is 0 Å². The molecule has 2 aliphatic rings. The highest BCUT2D eigenvalue weighted by Crippen LogP contribution is 2.38. The highest BCUT2D eigenvalue weighted by molar-refractivity contribution is 5.78. The minimum absolute atomic E-state index is 0.0130. The minimum atomic E-state index is -0.427. The van der Waals surface area contributed by atoms with Gasteiger partial charge in [0.25, 0.3) is 0 Å². The topological polar surface area (TPSA) is 47.6 Å². The van der Waals surface area contributed by atoms with Gasteiger partial charge in [-0.25, -0.2) is 4.39 Å². The lowest BCUT2D eigenvalue weighted by Gasteiger charge is -2.34. The predicted molar refractivity (Wildman–Crippen MR) is 79.7 cm³/mol. The largest absolute Gasteiger partial charge is 0.356 e. The van der Waals surface area contributed by atoms with Gasteiger partial charge in [0.2, 0.25) is 5.91 Å². The zero-order valence-electron chi connectivity index (χ0n) is 12.6. The van der Waals surface area contributed by atoms with Crippen molar-refractivity contribution >= 4 is 5.91 Å². The molecule has 120 valence electrons. The van der Waals surface area contributed by atoms with E-state index in [0.717, 1.165) is 25.7 Å². The summed E-state index contributed by atoms with van der Waals surface area (Å²) in [6, 6.07) is 6.67. The third-order valence-corrected chi connectivity index (χ3v) is 4.58. The highest BCUT2D eigenvalue weighted by Gasteiger charge is 2.41. The van der Waals surface area contributed by atoms with Gasteiger partial charge in [-0.3, -0.25) is 4.79 Å². The van der Waals surface area contributed by atoms with E-state index in [1.807, 2.05) is 6.07 Å². The Kier molecular flexibility index (Phi) is 4.74. The van der Waals surface area contributed by atoms with Crippen molar-refractivity contribution in [3.05, 3.63) is 35.6 Å². The summed E-state index contributed by atoms with van der Waals surface area (Å²) in [7, 11) is 0. The summed E-state index contributed by atoms with van der Waals surface area (Å²) in [6.45, 7) is 1.77. The standard InChI is InChI=1S/C17H22FNO3/c18-15-4-2-1-3-13(15)7-10-19-16(20)14-5-8-17(9-6-14)21-11-12-22-17/h1-4,14H,5-12H2,(H,19,20). The number of rotatable bonds is 4. The van der Waals surface area contributed by atoms with Crippen molar-refractivity contribution in [2.24, 2.45) is 5.92 Å². The molecule has 0 unspecified atom stereocenters. The maximum atomic E-state index is 13.5. The van der Waals surface area contributed by atoms with Crippen LogP contribution in [-0.4, -0.2) is 31.5 Å². The molecule has 5 heteroatoms. The molecule has 4 nitrogen and oxygen atoms in total. The van der Waals surface area contributed by atoms with E-state index in [9.17, 15) is 9.18 Å². The van der Waals surface area contributed by atoms with Crippen LogP contribution in [0.25, 0.3) is 0 Å². The molecule has 1 aliphatic heterocycles. The van der Waals surface area contributed by atoms with Crippen molar-refractivity contribution in [1.29, 1.82) is 0 Å². The van der Waals surface area contributed by atoms with Gasteiger partial charge in [0.05, 0.1) is 13.2 Å². The van der Waals surface area contributed by atoms with Crippen LogP contribution in [0.15, 0.2) is 24.3 Å². The molecule has 2 fully saturated rings. The number of ether oxygens (including phenoxy) is 2. The lowest BCUT2D eigenvalue weighted by atomic mass is 9.84. The molecule has 1 N–H and O–H groups in total. The first-order valence-electron chi connectivity index (χ1n) is 7.98. The Balaban J connectivity index is 1.42. The van der Waals surface area contributed by atoms with Crippen molar-refractivity contribution in [1.82, 2.24) is 5.32 Å². The summed E-state index contributed by atoms with van der Waals surface area (Å²) in [4.78, 5) is 12.2. The van der Waals surface area contributed by atoms with Gasteiger partial charge in [0.15, 0.2) is 5.79 Å². The molecule has 1 saturated heterocycles. The van der Waals surface area contributed by atoms with Crippen LogP contribution < -0.4 is 5.32 Å². The van der Waals surface area contributed by atoms with E-state index in [1.165, 1.54) is 6.07 Å². The predicted octanol–water partition coefficient (Wildman–Crippen LogP) is 2.42. The van der Waals surface area contributed by atoms with Gasteiger partial charge < -0.3 is 14.8 Å². The third kappa shape index (κ3) is 3.47. The molecule has 22 heavy (non-hydrogen) atoms. The summed E-state index contributed by atoms with van der Waals surface area (Å²) in [5.74, 6) is -0.570. The molecule has 1 heterocycles. The van der Waals surface area contributed by atoms with Crippen molar-refractivity contribution in [2.75, 3.05) is 19.8 Å². The highest BCUT2D eigenvalue weighted by atomic mass is 19.1. The van der Waals surface area contributed by atoms with Crippen molar-refractivity contribution < 1.29 is 18.7 Å². The molecular formula is C17H22FNO3. The van der Waals surface area contributed by atoms with E-state index in [0.29, 0.717) is 31.7 Å². The average Bonchev–Trinajstić information content (AvgIpc) is 2.98. The van der Waals surface area contributed by atoms with E-state index < -0.39 is 5.79 Å². The molecule has 0 atom stereocenters. The third-order valence-electron chi connectivity index (χ3n) is 4.58. The monoisotopic (exact) mass is 307 g/mol. The van der Waals surface area contributed by atoms with Crippen LogP contribution in [-0.2, 0) is 20.7 Å². The lowest BCUT2D eigenvalue weighted by molar-refractivity contribution is -0.183. The van der Waals surface area contributed by atoms with Gasteiger partial charge in [-0.05, 0) is 30.9 Å². The fraction of sp³-hybridized carbons (Fsp3) is 0.588. The Hall–Kier alpha value is -1.46. The Morgan fingerprint density at radius 1 is 1.23 bits per heavy atom. The Labute approximate surface area is 130 Å². The molecule has 0 aromatic heterocycles. The van der Waals surface area contributed by atoms with E-state index >= 15 is 0 Å². The number of hydrogen-bond acceptors (Lipinski definition) is 3. The van der Waals surface area contributed by atoms with E-state index in [2.05, 4.69) is 5.32 Å². The van der Waals surface area contributed by atoms with Gasteiger partial charge in [-0.1, -0.05) is 18.2 Å². The summed E-state index contributed by atoms with van der Waals surface area (Å²) in [5, 5.41) is 2.92. The second-order valence-corrected chi connectivity index (χ2v) is 6.01. The summed E-state index contributed by atoms with van der Waals surface area (Å²) < 4.78 is 24.8. The minimum Gasteiger partial charge on any atom is -0.356 e. The van der Waals surface area contributed by atoms with Crippen LogP contribution in [0.1, 0.15) is 31.2 Å². The van der Waals surface area contributed by atoms with E-state index in [-0.39, 0.29) is 17.6 Å². The van der Waals surface area contributed by atoms with Crippen LogP contribution >= 0.6 is 0 Å². The van der Waals surface area contributed by atoms with Gasteiger partial charge in [-0.15, -0.1) is 0 Å². The van der Waals surface area contributed by atoms with E-state index in [1.54, 1.807) is 12.1 Å². The van der Waals surface area contributed by atoms with Crippen LogP contribution in [0.5, 0.6) is 0 Å². The maximum Gasteiger partial charge on any atom is 0.223 e. The maximum absolute atomic E-state index is 13.5. The van der Waals surface area contributed by atoms with Crippen molar-refractivity contribution in [3.63, 3.8) is 0 Å². The van der Waals surface area contributed by atoms with Crippen LogP contribution in [0.4, 0.5) is 4.39 Å². The molecule has 1 spiro atoms. The van der Waals surface area contributed by atoms with E-state index in [4.69, 9.17) is 9.47 Å². The van der Waals surface area contributed by atoms with Gasteiger partial charge in [0, 0.05) is 25.3 Å². The molecule has 1 amide bonds. The van der Waals surface area contributed by atoms with Crippen LogP contribution in [0.2, 0.25) is 0 Å². The fourth-order valence-electron chi connectivity index (χ4n) is 3.27. The number of carbonyl (C=O) groups excluding carboxylic acids is 1. The molecule has 0 radical (unpaired) electrons. The van der Waals surface area contributed by atoms with Crippen LogP contribution in [0, 0.1) is 11.7 Å². The number of halogens is 1. The number of hydrogen-bond donors (Lipinski definition) is 1. The SMILES string of the molecule is O=C(NCCc1ccccc1F)C1CCC2(CC1)OCCO2. The van der Waals surface area contributed by atoms with Crippen molar-refractivity contribution in [3.8, 4) is 0 Å². The second kappa shape index (κ2) is 6.75. The summed E-state index contributed by atoms with van der Waals surface area (Å²) in [5.41, 5.74) is 0.637. The van der Waals surface area contributed by atoms with Gasteiger partial charge >= 0.3 is 0 Å². The van der Waals surface area contributed by atoms with Crippen molar-refractivity contribution in [2.45, 2.75) is 37.9 Å². The molecule has 1 aliphatic carbocycles. The second-order valence-electron chi connectivity index (χ2n) is 6.01. The van der Waals surface area contributed by atoms with Gasteiger partial charge in [0.1, 0.15) is 5.82 Å². The molecule has 0 bridgehead atoms. The van der Waals surface area contributed by atoms with Crippen LogP contribution in [0.3, 0.4) is 0 Å². The zero-order chi connectivity index (χ0) is 15.4. The first-order chi connectivity index (χ1) is 10.7. The number of carbonyl (C=O) groups is 1.